The molecule has 1 aliphatic rings. The van der Waals surface area contributed by atoms with E-state index in [4.69, 9.17) is 27.9 Å². The fourth-order valence-electron chi connectivity index (χ4n) is 4.56. The molecule has 5 nitrogen and oxygen atoms in total. The maximum atomic E-state index is 14.1. The molecule has 0 saturated heterocycles. The van der Waals surface area contributed by atoms with E-state index in [-0.39, 0.29) is 30.7 Å². The Morgan fingerprint density at radius 3 is 2.27 bits per heavy atom. The lowest BCUT2D eigenvalue weighted by Gasteiger charge is -2.32. The molecule has 2 amide bonds. The van der Waals surface area contributed by atoms with Gasteiger partial charge in [0.25, 0.3) is 5.91 Å². The Morgan fingerprint density at radius 2 is 1.59 bits per heavy atom. The van der Waals surface area contributed by atoms with Crippen LogP contribution in [0.3, 0.4) is 0 Å². The van der Waals surface area contributed by atoms with Crippen molar-refractivity contribution in [2.45, 2.75) is 50.7 Å². The number of nitrogens with one attached hydrogen (secondary N) is 1. The topological polar surface area (TPSA) is 58.6 Å². The lowest BCUT2D eigenvalue weighted by atomic mass is 10.0. The number of para-hydroxylation sites is 1. The summed E-state index contributed by atoms with van der Waals surface area (Å²) in [6, 6.07) is 19.7. The molecule has 1 fully saturated rings. The second kappa shape index (κ2) is 12.9. The van der Waals surface area contributed by atoms with Crippen molar-refractivity contribution in [2.75, 3.05) is 6.61 Å². The minimum Gasteiger partial charge on any atom is -0.481 e. The zero-order valence-corrected chi connectivity index (χ0v) is 21.9. The van der Waals surface area contributed by atoms with Gasteiger partial charge in [-0.05, 0) is 42.7 Å². The van der Waals surface area contributed by atoms with Crippen LogP contribution in [0.1, 0.15) is 36.8 Å². The number of benzene rings is 3. The molecule has 0 aliphatic heterocycles. The van der Waals surface area contributed by atoms with Crippen molar-refractivity contribution in [1.82, 2.24) is 10.2 Å². The molecule has 0 radical (unpaired) electrons. The maximum Gasteiger partial charge on any atom is 0.261 e. The van der Waals surface area contributed by atoms with Crippen LogP contribution in [0.5, 0.6) is 5.75 Å². The van der Waals surface area contributed by atoms with Crippen LogP contribution >= 0.6 is 23.2 Å². The monoisotopic (exact) mass is 542 g/mol. The number of ether oxygens (including phenoxy) is 1. The van der Waals surface area contributed by atoms with Crippen LogP contribution < -0.4 is 10.1 Å². The predicted octanol–water partition coefficient (Wildman–Crippen LogP) is 6.21. The standard InChI is InChI=1S/C29H29Cl2FN2O3/c30-23-13-8-14-24(31)22(23)18-34(28(35)19-37-27-16-7-6-15-25(27)32)26(17-20-9-2-1-3-10-20)29(36)33-21-11-4-5-12-21/h1-3,6-10,13-16,21,26H,4-5,11-12,17-19H2,(H,33,36)/t26-/m0/s1. The first-order chi connectivity index (χ1) is 17.9. The van der Waals surface area contributed by atoms with E-state index in [1.165, 1.54) is 17.0 Å². The van der Waals surface area contributed by atoms with Gasteiger partial charge < -0.3 is 15.0 Å². The summed E-state index contributed by atoms with van der Waals surface area (Å²) in [6.45, 7) is -0.460. The summed E-state index contributed by atoms with van der Waals surface area (Å²) in [5.41, 5.74) is 1.42. The van der Waals surface area contributed by atoms with Crippen LogP contribution in [-0.4, -0.2) is 35.4 Å². The number of hydrogen-bond donors (Lipinski definition) is 1. The lowest BCUT2D eigenvalue weighted by molar-refractivity contribution is -0.143. The van der Waals surface area contributed by atoms with E-state index in [0.29, 0.717) is 15.6 Å². The number of hydrogen-bond acceptors (Lipinski definition) is 3. The first-order valence-electron chi connectivity index (χ1n) is 12.4. The van der Waals surface area contributed by atoms with Gasteiger partial charge in [-0.15, -0.1) is 0 Å². The molecule has 0 heterocycles. The van der Waals surface area contributed by atoms with Gasteiger partial charge in [0.1, 0.15) is 6.04 Å². The molecule has 1 saturated carbocycles. The quantitative estimate of drug-likeness (QED) is 0.331. The number of carbonyl (C=O) groups is 2. The zero-order chi connectivity index (χ0) is 26.2. The highest BCUT2D eigenvalue weighted by atomic mass is 35.5. The minimum atomic E-state index is -0.855. The first kappa shape index (κ1) is 27.0. The number of nitrogens with zero attached hydrogens (tertiary/aromatic N) is 1. The van der Waals surface area contributed by atoms with Gasteiger partial charge in [0.15, 0.2) is 18.2 Å². The highest BCUT2D eigenvalue weighted by Gasteiger charge is 2.33. The second-order valence-corrected chi connectivity index (χ2v) is 9.95. The van der Waals surface area contributed by atoms with Crippen LogP contribution in [-0.2, 0) is 22.6 Å². The maximum absolute atomic E-state index is 14.1. The van der Waals surface area contributed by atoms with Crippen LogP contribution in [0.4, 0.5) is 4.39 Å². The molecule has 0 unspecified atom stereocenters. The summed E-state index contributed by atoms with van der Waals surface area (Å²) in [5.74, 6) is -1.35. The van der Waals surface area contributed by atoms with E-state index in [1.807, 2.05) is 30.3 Å². The van der Waals surface area contributed by atoms with Crippen LogP contribution in [0.2, 0.25) is 10.0 Å². The summed E-state index contributed by atoms with van der Waals surface area (Å²) < 4.78 is 19.7. The van der Waals surface area contributed by atoms with Crippen LogP contribution in [0.15, 0.2) is 72.8 Å². The number of halogens is 3. The van der Waals surface area contributed by atoms with Crippen molar-refractivity contribution in [3.63, 3.8) is 0 Å². The van der Waals surface area contributed by atoms with E-state index in [1.54, 1.807) is 30.3 Å². The number of rotatable bonds is 10. The fourth-order valence-corrected chi connectivity index (χ4v) is 5.08. The third kappa shape index (κ3) is 7.24. The van der Waals surface area contributed by atoms with Gasteiger partial charge in [-0.1, -0.05) is 84.6 Å². The Balaban J connectivity index is 1.66. The summed E-state index contributed by atoms with van der Waals surface area (Å²) >= 11 is 12.9. The van der Waals surface area contributed by atoms with Crippen molar-refractivity contribution in [2.24, 2.45) is 0 Å². The molecule has 1 aliphatic carbocycles. The van der Waals surface area contributed by atoms with Crippen LogP contribution in [0.25, 0.3) is 0 Å². The number of carbonyl (C=O) groups excluding carboxylic acids is 2. The highest BCUT2D eigenvalue weighted by Crippen LogP contribution is 2.28. The largest absolute Gasteiger partial charge is 0.481 e. The number of amides is 2. The van der Waals surface area contributed by atoms with Gasteiger partial charge >= 0.3 is 0 Å². The SMILES string of the molecule is O=C(NC1CCCC1)[C@H](Cc1ccccc1)N(Cc1c(Cl)cccc1Cl)C(=O)COc1ccccc1F. The van der Waals surface area contributed by atoms with E-state index >= 15 is 0 Å². The normalized spacial score (nSPS) is 14.2. The highest BCUT2D eigenvalue weighted by molar-refractivity contribution is 6.36. The molecule has 1 N–H and O–H groups in total. The summed E-state index contributed by atoms with van der Waals surface area (Å²) in [4.78, 5) is 28.7. The molecular formula is C29H29Cl2FN2O3. The van der Waals surface area contributed by atoms with Gasteiger partial charge in [-0.3, -0.25) is 9.59 Å². The van der Waals surface area contributed by atoms with Gasteiger partial charge in [0, 0.05) is 34.6 Å². The average molecular weight is 543 g/mol. The van der Waals surface area contributed by atoms with Crippen molar-refractivity contribution < 1.29 is 18.7 Å². The molecule has 37 heavy (non-hydrogen) atoms. The van der Waals surface area contributed by atoms with Gasteiger partial charge in [-0.2, -0.15) is 0 Å². The first-order valence-corrected chi connectivity index (χ1v) is 13.1. The molecule has 4 rings (SSSR count). The Labute approximate surface area is 226 Å². The molecule has 0 aromatic heterocycles. The summed E-state index contributed by atoms with van der Waals surface area (Å²) in [6.07, 6.45) is 4.22. The zero-order valence-electron chi connectivity index (χ0n) is 20.3. The molecule has 8 heteroatoms. The smallest absolute Gasteiger partial charge is 0.261 e. The van der Waals surface area contributed by atoms with Gasteiger partial charge in [0.05, 0.1) is 0 Å². The van der Waals surface area contributed by atoms with Gasteiger partial charge in [-0.25, -0.2) is 4.39 Å². The molecule has 0 spiro atoms. The summed E-state index contributed by atoms with van der Waals surface area (Å²) in [7, 11) is 0. The Kier molecular flexibility index (Phi) is 9.42. The van der Waals surface area contributed by atoms with Crippen molar-refractivity contribution in [3.8, 4) is 5.75 Å². The van der Waals surface area contributed by atoms with E-state index in [2.05, 4.69) is 5.32 Å². The molecular weight excluding hydrogens is 514 g/mol. The molecule has 3 aromatic carbocycles. The van der Waals surface area contributed by atoms with Crippen molar-refractivity contribution in [3.05, 3.63) is 99.8 Å². The third-order valence-corrected chi connectivity index (χ3v) is 7.26. The third-order valence-electron chi connectivity index (χ3n) is 6.55. The molecule has 3 aromatic rings. The Morgan fingerprint density at radius 1 is 0.946 bits per heavy atom. The second-order valence-electron chi connectivity index (χ2n) is 9.14. The Bertz CT molecular complexity index is 1200. The Hall–Kier alpha value is -3.09. The van der Waals surface area contributed by atoms with Crippen molar-refractivity contribution in [1.29, 1.82) is 0 Å². The van der Waals surface area contributed by atoms with Crippen LogP contribution in [0, 0.1) is 5.82 Å². The minimum absolute atomic E-state index is 0.00639. The van der Waals surface area contributed by atoms with E-state index in [9.17, 15) is 14.0 Å². The van der Waals surface area contributed by atoms with Gasteiger partial charge in [0.2, 0.25) is 5.91 Å². The van der Waals surface area contributed by atoms with Crippen molar-refractivity contribution >= 4 is 35.0 Å². The average Bonchev–Trinajstić information content (AvgIpc) is 3.40. The lowest BCUT2D eigenvalue weighted by Crippen LogP contribution is -2.53. The summed E-state index contributed by atoms with van der Waals surface area (Å²) in [5, 5.41) is 3.90. The van der Waals surface area contributed by atoms with E-state index in [0.717, 1.165) is 31.2 Å². The predicted molar refractivity (Wildman–Crippen MR) is 143 cm³/mol. The fraction of sp³-hybridized carbons (Fsp3) is 0.310. The molecule has 1 atom stereocenters. The molecule has 194 valence electrons. The van der Waals surface area contributed by atoms with E-state index < -0.39 is 24.4 Å². The molecule has 0 bridgehead atoms.